The van der Waals surface area contributed by atoms with Gasteiger partial charge < -0.3 is 29.3 Å². The molecule has 1 N–H and O–H groups in total. The van der Waals surface area contributed by atoms with E-state index < -0.39 is 47.7 Å². The number of anilines is 1. The minimum atomic E-state index is -1.28. The van der Waals surface area contributed by atoms with E-state index in [9.17, 15) is 19.5 Å². The fraction of sp³-hybridized carbons (Fsp3) is 0.512. The summed E-state index contributed by atoms with van der Waals surface area (Å²) < 4.78 is 13.2. The number of likely N-dealkylation sites (N-methyl/N-ethyl adjacent to an activating group) is 1. The summed E-state index contributed by atoms with van der Waals surface area (Å²) in [6.07, 6.45) is 4.79. The first-order valence-corrected chi connectivity index (χ1v) is 19.2. The van der Waals surface area contributed by atoms with E-state index in [2.05, 4.69) is 29.1 Å². The van der Waals surface area contributed by atoms with Gasteiger partial charge in [-0.3, -0.25) is 19.2 Å². The monoisotopic (exact) mass is 777 g/mol. The summed E-state index contributed by atoms with van der Waals surface area (Å²) in [7, 11) is 1.69. The molecule has 0 aliphatic carbocycles. The Bertz CT molecular complexity index is 1630. The third kappa shape index (κ3) is 7.37. The van der Waals surface area contributed by atoms with Gasteiger partial charge in [0.25, 0.3) is 5.91 Å². The Morgan fingerprint density at radius 2 is 1.77 bits per heavy atom. The van der Waals surface area contributed by atoms with Crippen LogP contribution in [0.3, 0.4) is 0 Å². The molecule has 0 aromatic heterocycles. The molecule has 3 aliphatic rings. The Morgan fingerprint density at radius 3 is 2.40 bits per heavy atom. The maximum atomic E-state index is 15.0. The fourth-order valence-corrected chi connectivity index (χ4v) is 9.36. The van der Waals surface area contributed by atoms with Crippen molar-refractivity contribution < 1.29 is 33.8 Å². The number of aryl methyl sites for hydroxylation is 2. The van der Waals surface area contributed by atoms with Crippen molar-refractivity contribution in [2.75, 3.05) is 31.6 Å². The van der Waals surface area contributed by atoms with Crippen LogP contribution in [0.15, 0.2) is 73.8 Å². The average Bonchev–Trinajstić information content (AvgIpc) is 3.73. The Labute approximate surface area is 315 Å². The lowest BCUT2D eigenvalue weighted by Crippen LogP contribution is -2.57. The maximum Gasteiger partial charge on any atom is 0.313 e. The molecule has 2 aromatic carbocycles. The van der Waals surface area contributed by atoms with Gasteiger partial charge in [0.2, 0.25) is 11.8 Å². The minimum Gasteiger partial charge on any atom is -0.455 e. The Morgan fingerprint density at radius 1 is 1.08 bits per heavy atom. The quantitative estimate of drug-likeness (QED) is 0.0931. The summed E-state index contributed by atoms with van der Waals surface area (Å²) in [6.45, 7) is 13.9. The second-order valence-corrected chi connectivity index (χ2v) is 15.5. The smallest absolute Gasteiger partial charge is 0.313 e. The molecular formula is C41H52BrN3O7. The Balaban J connectivity index is 1.53. The number of unbranched alkanes of at least 4 members (excludes halogenated alkanes) is 2. The molecule has 5 rings (SSSR count). The number of carbonyl (C=O) groups is 4. The number of rotatable bonds is 17. The second kappa shape index (κ2) is 16.9. The molecule has 2 aromatic rings. The van der Waals surface area contributed by atoms with Crippen molar-refractivity contribution >= 4 is 45.3 Å². The van der Waals surface area contributed by atoms with Crippen LogP contribution in [0, 0.1) is 25.7 Å². The van der Waals surface area contributed by atoms with E-state index in [4.69, 9.17) is 9.47 Å². The molecule has 3 fully saturated rings. The number of benzene rings is 2. The van der Waals surface area contributed by atoms with Crippen molar-refractivity contribution in [3.63, 3.8) is 0 Å². The van der Waals surface area contributed by atoms with Crippen LogP contribution in [0.25, 0.3) is 0 Å². The van der Waals surface area contributed by atoms with Gasteiger partial charge >= 0.3 is 5.97 Å². The zero-order valence-corrected chi connectivity index (χ0v) is 32.3. The number of para-hydroxylation sites is 1. The summed E-state index contributed by atoms with van der Waals surface area (Å²) in [5, 5.41) is 9.44. The highest BCUT2D eigenvalue weighted by Gasteiger charge is 2.77. The van der Waals surface area contributed by atoms with Crippen LogP contribution in [-0.2, 0) is 28.7 Å². The van der Waals surface area contributed by atoms with Gasteiger partial charge in [-0.25, -0.2) is 0 Å². The predicted molar refractivity (Wildman–Crippen MR) is 204 cm³/mol. The van der Waals surface area contributed by atoms with Gasteiger partial charge in [0.15, 0.2) is 0 Å². The van der Waals surface area contributed by atoms with E-state index in [0.29, 0.717) is 37.7 Å². The van der Waals surface area contributed by atoms with Crippen LogP contribution < -0.4 is 4.90 Å². The van der Waals surface area contributed by atoms with E-state index in [1.165, 1.54) is 0 Å². The molecule has 1 unspecified atom stereocenters. The first-order valence-electron chi connectivity index (χ1n) is 18.3. The average molecular weight is 779 g/mol. The third-order valence-corrected chi connectivity index (χ3v) is 11.9. The van der Waals surface area contributed by atoms with Gasteiger partial charge in [-0.2, -0.15) is 0 Å². The predicted octanol–water partition coefficient (Wildman–Crippen LogP) is 5.83. The summed E-state index contributed by atoms with van der Waals surface area (Å²) >= 11 is 3.78. The topological polar surface area (TPSA) is 117 Å². The van der Waals surface area contributed by atoms with E-state index in [1.807, 2.05) is 69.3 Å². The number of allylic oxidation sites excluding steroid dienone is 1. The third-order valence-electron chi connectivity index (χ3n) is 11.0. The maximum absolute atomic E-state index is 15.0. The molecule has 3 heterocycles. The van der Waals surface area contributed by atoms with E-state index in [0.717, 1.165) is 16.8 Å². The number of halogens is 1. The van der Waals surface area contributed by atoms with Gasteiger partial charge in [-0.1, -0.05) is 76.6 Å². The lowest BCUT2D eigenvalue weighted by Gasteiger charge is -2.38. The van der Waals surface area contributed by atoms with Gasteiger partial charge in [-0.15, -0.1) is 13.2 Å². The number of fused-ring (bicyclic) bond motifs is 1. The molecular weight excluding hydrogens is 726 g/mol. The molecule has 52 heavy (non-hydrogen) atoms. The summed E-state index contributed by atoms with van der Waals surface area (Å²) in [6, 6.07) is 13.6. The van der Waals surface area contributed by atoms with Crippen molar-refractivity contribution in [1.29, 1.82) is 0 Å². The summed E-state index contributed by atoms with van der Waals surface area (Å²) in [5.41, 5.74) is 2.01. The molecule has 11 heteroatoms. The molecule has 1 spiro atoms. The van der Waals surface area contributed by atoms with Crippen molar-refractivity contribution in [2.45, 2.75) is 94.0 Å². The summed E-state index contributed by atoms with van der Waals surface area (Å²) in [4.78, 5) is 62.0. The Hall–Kier alpha value is -3.80. The van der Waals surface area contributed by atoms with Crippen LogP contribution in [0.5, 0.6) is 0 Å². The molecule has 2 bridgehead atoms. The van der Waals surface area contributed by atoms with E-state index in [-0.39, 0.29) is 48.7 Å². The number of hydrogen-bond donors (Lipinski definition) is 1. The number of alkyl halides is 1. The number of aliphatic hydroxyl groups is 1. The highest BCUT2D eigenvalue weighted by molar-refractivity contribution is 9.09. The molecule has 0 saturated carbocycles. The first kappa shape index (κ1) is 39.4. The molecule has 3 aliphatic heterocycles. The van der Waals surface area contributed by atoms with E-state index in [1.54, 1.807) is 33.9 Å². The van der Waals surface area contributed by atoms with E-state index >= 15 is 4.79 Å². The SMILES string of the molecule is C=CCCC(=O)N(C)[C@H](C)[C@H](OC(=O)[C@@H]1[C@H]2O[C@@]3(CC2Br)[C@H](C(=O)N(CC=C)c2c(C)cccc2C)N(CCCCCO)C(=O)[C@@H]13)c1ccccc1. The molecule has 280 valence electrons. The first-order chi connectivity index (χ1) is 24.9. The lowest BCUT2D eigenvalue weighted by molar-refractivity contribution is -0.164. The second-order valence-electron chi connectivity index (χ2n) is 14.3. The number of carbonyl (C=O) groups excluding carboxylic acids is 4. The standard InChI is InChI=1S/C41H52BrN3O7/c1-7-9-21-31(47)43(6)28(5)35(29-19-12-10-13-20-29)51-40(50)32-33-38(48)45(23-14-11-15-24-46)37(41(33)25-30(42)36(32)52-41)39(49)44(22-8-2)34-26(3)17-16-18-27(34)4/h7-8,10,12-13,16-20,28,30,32-33,35-37,46H,1-2,9,11,14-15,21-25H2,3-6H3/t28-,30?,32+,33-,35+,36+,37+,41-/m1/s1. The lowest BCUT2D eigenvalue weighted by atomic mass is 9.70. The highest BCUT2D eigenvalue weighted by Crippen LogP contribution is 2.60. The highest BCUT2D eigenvalue weighted by atomic mass is 79.9. The summed E-state index contributed by atoms with van der Waals surface area (Å²) in [5.74, 6) is -3.26. The van der Waals surface area contributed by atoms with Crippen molar-refractivity contribution in [2.24, 2.45) is 11.8 Å². The molecule has 3 saturated heterocycles. The zero-order valence-electron chi connectivity index (χ0n) is 30.7. The molecule has 8 atom stereocenters. The van der Waals surface area contributed by atoms with Crippen LogP contribution >= 0.6 is 15.9 Å². The molecule has 0 radical (unpaired) electrons. The normalized spacial score (nSPS) is 25.7. The Kier molecular flexibility index (Phi) is 12.8. The number of nitrogens with zero attached hydrogens (tertiary/aromatic N) is 3. The number of ether oxygens (including phenoxy) is 2. The number of hydrogen-bond acceptors (Lipinski definition) is 7. The van der Waals surface area contributed by atoms with Gasteiger partial charge in [0.05, 0.1) is 24.0 Å². The van der Waals surface area contributed by atoms with Gasteiger partial charge in [-0.05, 0) is 69.6 Å². The van der Waals surface area contributed by atoms with Crippen LogP contribution in [0.1, 0.15) is 68.2 Å². The van der Waals surface area contributed by atoms with Gasteiger partial charge in [0, 0.05) is 43.7 Å². The van der Waals surface area contributed by atoms with Crippen molar-refractivity contribution in [1.82, 2.24) is 9.80 Å². The number of esters is 1. The minimum absolute atomic E-state index is 0.0303. The number of aliphatic hydroxyl groups excluding tert-OH is 1. The zero-order chi connectivity index (χ0) is 37.7. The van der Waals surface area contributed by atoms with Crippen LogP contribution in [0.4, 0.5) is 5.69 Å². The van der Waals surface area contributed by atoms with Crippen molar-refractivity contribution in [3.8, 4) is 0 Å². The van der Waals surface area contributed by atoms with Crippen LogP contribution in [-0.4, -0.2) is 94.0 Å². The van der Waals surface area contributed by atoms with Crippen molar-refractivity contribution in [3.05, 3.63) is 90.5 Å². The largest absolute Gasteiger partial charge is 0.455 e. The molecule has 3 amide bonds. The van der Waals surface area contributed by atoms with Crippen LogP contribution in [0.2, 0.25) is 0 Å². The van der Waals surface area contributed by atoms with Gasteiger partial charge in [0.1, 0.15) is 17.7 Å². The number of likely N-dealkylation sites (tertiary alicyclic amines) is 1. The fourth-order valence-electron chi connectivity index (χ4n) is 8.41. The number of amides is 3. The molecule has 10 nitrogen and oxygen atoms in total.